The third-order valence-corrected chi connectivity index (χ3v) is 2.23. The maximum atomic E-state index is 12.5. The number of alkyl halides is 3. The molecule has 6 heteroatoms. The fourth-order valence-corrected chi connectivity index (χ4v) is 1.49. The zero-order chi connectivity index (χ0) is 11.9. The van der Waals surface area contributed by atoms with Crippen molar-refractivity contribution >= 4 is 16.9 Å². The highest BCUT2D eigenvalue weighted by Gasteiger charge is 2.33. The lowest BCUT2D eigenvalue weighted by molar-refractivity contribution is -0.136. The normalized spacial score (nSPS) is 11.9. The van der Waals surface area contributed by atoms with E-state index < -0.39 is 17.7 Å². The molecule has 1 aromatic carbocycles. The molecule has 2 N–H and O–H groups in total. The smallest absolute Gasteiger partial charge is 0.418 e. The van der Waals surface area contributed by atoms with Crippen LogP contribution in [0.4, 0.5) is 13.2 Å². The van der Waals surface area contributed by atoms with Crippen LogP contribution >= 0.6 is 0 Å². The van der Waals surface area contributed by atoms with Crippen LogP contribution in [0.15, 0.2) is 24.4 Å². The van der Waals surface area contributed by atoms with Gasteiger partial charge >= 0.3 is 12.1 Å². The number of aromatic carboxylic acids is 1. The van der Waals surface area contributed by atoms with Crippen molar-refractivity contribution in [2.45, 2.75) is 6.18 Å². The van der Waals surface area contributed by atoms with Gasteiger partial charge in [-0.15, -0.1) is 0 Å². The molecule has 0 atom stereocenters. The first-order valence-electron chi connectivity index (χ1n) is 4.31. The van der Waals surface area contributed by atoms with Crippen molar-refractivity contribution in [2.24, 2.45) is 0 Å². The van der Waals surface area contributed by atoms with Crippen LogP contribution in [0.3, 0.4) is 0 Å². The SMILES string of the molecule is O=C(O)c1ccc2[nH]cc(C(F)(F)F)c2c1. The summed E-state index contributed by atoms with van der Waals surface area (Å²) in [4.78, 5) is 13.1. The van der Waals surface area contributed by atoms with Crippen molar-refractivity contribution in [3.63, 3.8) is 0 Å². The standard InChI is InChI=1S/C10H6F3NO2/c11-10(12,13)7-4-14-8-2-1-5(9(15)16)3-6(7)8/h1-4,14H,(H,15,16). The van der Waals surface area contributed by atoms with Crippen LogP contribution in [0, 0.1) is 0 Å². The predicted molar refractivity (Wildman–Crippen MR) is 50.3 cm³/mol. The fourth-order valence-electron chi connectivity index (χ4n) is 1.49. The molecule has 0 radical (unpaired) electrons. The number of carboxylic acids is 1. The minimum absolute atomic E-state index is 0.132. The summed E-state index contributed by atoms with van der Waals surface area (Å²) in [7, 11) is 0. The average molecular weight is 229 g/mol. The van der Waals surface area contributed by atoms with E-state index >= 15 is 0 Å². The third kappa shape index (κ3) is 1.62. The van der Waals surface area contributed by atoms with Gasteiger partial charge in [0.1, 0.15) is 0 Å². The van der Waals surface area contributed by atoms with Gasteiger partial charge in [-0.3, -0.25) is 0 Å². The number of aromatic nitrogens is 1. The highest BCUT2D eigenvalue weighted by atomic mass is 19.4. The van der Waals surface area contributed by atoms with Gasteiger partial charge in [-0.2, -0.15) is 13.2 Å². The van der Waals surface area contributed by atoms with Crippen molar-refractivity contribution in [3.8, 4) is 0 Å². The number of hydrogen-bond donors (Lipinski definition) is 2. The Bertz CT molecular complexity index is 557. The largest absolute Gasteiger partial charge is 0.478 e. The van der Waals surface area contributed by atoms with Crippen LogP contribution in [0.2, 0.25) is 0 Å². The molecule has 2 rings (SSSR count). The van der Waals surface area contributed by atoms with Gasteiger partial charge in [0, 0.05) is 17.1 Å². The number of hydrogen-bond acceptors (Lipinski definition) is 1. The van der Waals surface area contributed by atoms with E-state index in [1.54, 1.807) is 0 Å². The third-order valence-electron chi connectivity index (χ3n) is 2.23. The summed E-state index contributed by atoms with van der Waals surface area (Å²) in [5, 5.41) is 8.55. The number of halogens is 3. The van der Waals surface area contributed by atoms with E-state index in [1.165, 1.54) is 12.1 Å². The number of rotatable bonds is 1. The van der Waals surface area contributed by atoms with Gasteiger partial charge in [-0.25, -0.2) is 4.79 Å². The molecule has 0 unspecified atom stereocenters. The molecule has 1 heterocycles. The molecular formula is C10H6F3NO2. The van der Waals surface area contributed by atoms with E-state index in [4.69, 9.17) is 5.11 Å². The van der Waals surface area contributed by atoms with Gasteiger partial charge in [0.2, 0.25) is 0 Å². The molecule has 0 aliphatic carbocycles. The molecule has 0 aliphatic heterocycles. The van der Waals surface area contributed by atoms with E-state index in [0.29, 0.717) is 0 Å². The Kier molecular flexibility index (Phi) is 2.15. The molecule has 0 aliphatic rings. The number of benzene rings is 1. The Hall–Kier alpha value is -1.98. The Morgan fingerprint density at radius 3 is 2.56 bits per heavy atom. The highest BCUT2D eigenvalue weighted by Crippen LogP contribution is 2.35. The number of carboxylic acid groups (broad SMARTS) is 1. The van der Waals surface area contributed by atoms with Crippen LogP contribution in [0.5, 0.6) is 0 Å². The number of carbonyl (C=O) groups is 1. The van der Waals surface area contributed by atoms with Crippen LogP contribution in [-0.4, -0.2) is 16.1 Å². The van der Waals surface area contributed by atoms with Gasteiger partial charge in [-0.05, 0) is 18.2 Å². The highest BCUT2D eigenvalue weighted by molar-refractivity contribution is 5.94. The topological polar surface area (TPSA) is 53.1 Å². The van der Waals surface area contributed by atoms with Crippen LogP contribution < -0.4 is 0 Å². The number of nitrogens with one attached hydrogen (secondary N) is 1. The second-order valence-electron chi connectivity index (χ2n) is 3.27. The lowest BCUT2D eigenvalue weighted by Gasteiger charge is -2.04. The van der Waals surface area contributed by atoms with Crippen molar-refractivity contribution in [2.75, 3.05) is 0 Å². The molecule has 0 bridgehead atoms. The molecule has 0 saturated heterocycles. The maximum absolute atomic E-state index is 12.5. The van der Waals surface area contributed by atoms with E-state index in [0.717, 1.165) is 12.3 Å². The first-order valence-corrected chi connectivity index (χ1v) is 4.31. The molecule has 2 aromatic rings. The molecule has 16 heavy (non-hydrogen) atoms. The molecular weight excluding hydrogens is 223 g/mol. The minimum atomic E-state index is -4.49. The van der Waals surface area contributed by atoms with Crippen molar-refractivity contribution < 1.29 is 23.1 Å². The van der Waals surface area contributed by atoms with Crippen LogP contribution in [-0.2, 0) is 6.18 Å². The Labute approximate surface area is 87.5 Å². The maximum Gasteiger partial charge on any atom is 0.418 e. The van der Waals surface area contributed by atoms with Gasteiger partial charge in [0.15, 0.2) is 0 Å². The molecule has 1 aromatic heterocycles. The first-order chi connectivity index (χ1) is 7.39. The van der Waals surface area contributed by atoms with Crippen LogP contribution in [0.1, 0.15) is 15.9 Å². The molecule has 84 valence electrons. The Morgan fingerprint density at radius 1 is 1.31 bits per heavy atom. The lowest BCUT2D eigenvalue weighted by atomic mass is 10.1. The zero-order valence-electron chi connectivity index (χ0n) is 7.80. The van der Waals surface area contributed by atoms with E-state index in [9.17, 15) is 18.0 Å². The van der Waals surface area contributed by atoms with Crippen LogP contribution in [0.25, 0.3) is 10.9 Å². The second kappa shape index (κ2) is 3.26. The zero-order valence-corrected chi connectivity index (χ0v) is 7.80. The fraction of sp³-hybridized carbons (Fsp3) is 0.100. The van der Waals surface area contributed by atoms with Gasteiger partial charge in [0.25, 0.3) is 0 Å². The summed E-state index contributed by atoms with van der Waals surface area (Å²) in [5.74, 6) is -1.25. The molecule has 3 nitrogen and oxygen atoms in total. The number of aromatic amines is 1. The van der Waals surface area contributed by atoms with Crippen molar-refractivity contribution in [1.29, 1.82) is 0 Å². The summed E-state index contributed by atoms with van der Waals surface area (Å²) >= 11 is 0. The van der Waals surface area contributed by atoms with Crippen molar-refractivity contribution in [3.05, 3.63) is 35.5 Å². The van der Waals surface area contributed by atoms with E-state index in [1.807, 2.05) is 0 Å². The Balaban J connectivity index is 2.70. The molecule has 0 saturated carbocycles. The van der Waals surface area contributed by atoms with Gasteiger partial charge in [-0.1, -0.05) is 0 Å². The minimum Gasteiger partial charge on any atom is -0.478 e. The average Bonchev–Trinajstić information content (AvgIpc) is 2.58. The van der Waals surface area contributed by atoms with E-state index in [-0.39, 0.29) is 16.5 Å². The van der Waals surface area contributed by atoms with E-state index in [2.05, 4.69) is 4.98 Å². The molecule has 0 fully saturated rings. The van der Waals surface area contributed by atoms with Gasteiger partial charge in [0.05, 0.1) is 11.1 Å². The molecule has 0 amide bonds. The number of H-pyrrole nitrogens is 1. The quantitative estimate of drug-likeness (QED) is 0.789. The monoisotopic (exact) mass is 229 g/mol. The number of fused-ring (bicyclic) bond motifs is 1. The molecule has 0 spiro atoms. The second-order valence-corrected chi connectivity index (χ2v) is 3.27. The summed E-state index contributed by atoms with van der Waals surface area (Å²) in [6.07, 6.45) is -3.66. The predicted octanol–water partition coefficient (Wildman–Crippen LogP) is 2.88. The Morgan fingerprint density at radius 2 is 2.00 bits per heavy atom. The summed E-state index contributed by atoms with van der Waals surface area (Å²) in [6.45, 7) is 0. The summed E-state index contributed by atoms with van der Waals surface area (Å²) in [5.41, 5.74) is -0.763. The summed E-state index contributed by atoms with van der Waals surface area (Å²) < 4.78 is 37.5. The van der Waals surface area contributed by atoms with Crippen molar-refractivity contribution in [1.82, 2.24) is 4.98 Å². The lowest BCUT2D eigenvalue weighted by Crippen LogP contribution is -2.04. The van der Waals surface area contributed by atoms with Gasteiger partial charge < -0.3 is 10.1 Å². The summed E-state index contributed by atoms with van der Waals surface area (Å²) in [6, 6.07) is 3.58. The first kappa shape index (κ1) is 10.5.